The number of fused-ring (bicyclic) bond motifs is 1. The zero-order chi connectivity index (χ0) is 15.9. The van der Waals surface area contributed by atoms with Crippen molar-refractivity contribution in [3.63, 3.8) is 0 Å². The second-order valence-electron chi connectivity index (χ2n) is 5.03. The first-order valence-corrected chi connectivity index (χ1v) is 7.61. The molecule has 2 aromatic carbocycles. The molecule has 3 rings (SSSR count). The summed E-state index contributed by atoms with van der Waals surface area (Å²) in [4.78, 5) is 4.38. The monoisotopic (exact) mass is 309 g/mol. The van der Waals surface area contributed by atoms with Gasteiger partial charge in [-0.25, -0.2) is 0 Å². The molecule has 0 aliphatic heterocycles. The summed E-state index contributed by atoms with van der Waals surface area (Å²) in [5.41, 5.74) is 0.889. The number of nitrogens with zero attached hydrogens (tertiary/aromatic N) is 1. The fourth-order valence-electron chi connectivity index (χ4n) is 2.35. The van der Waals surface area contributed by atoms with E-state index in [0.29, 0.717) is 13.2 Å². The molecule has 0 bridgehead atoms. The van der Waals surface area contributed by atoms with E-state index in [1.807, 2.05) is 54.6 Å². The second kappa shape index (κ2) is 7.49. The zero-order valence-electron chi connectivity index (χ0n) is 13.1. The van der Waals surface area contributed by atoms with Crippen molar-refractivity contribution < 1.29 is 14.2 Å². The molecule has 0 saturated heterocycles. The summed E-state index contributed by atoms with van der Waals surface area (Å²) in [5, 5.41) is 1.08. The van der Waals surface area contributed by atoms with Crippen LogP contribution in [0.1, 0.15) is 6.42 Å². The van der Waals surface area contributed by atoms with Crippen LogP contribution in [0.25, 0.3) is 10.9 Å². The van der Waals surface area contributed by atoms with Gasteiger partial charge in [0.05, 0.1) is 20.3 Å². The van der Waals surface area contributed by atoms with Crippen molar-refractivity contribution in [3.8, 4) is 17.2 Å². The molecule has 0 aliphatic carbocycles. The van der Waals surface area contributed by atoms with Crippen molar-refractivity contribution in [2.45, 2.75) is 6.42 Å². The number of hydrogen-bond donors (Lipinski definition) is 0. The minimum absolute atomic E-state index is 0.568. The van der Waals surface area contributed by atoms with Crippen LogP contribution in [0.4, 0.5) is 0 Å². The van der Waals surface area contributed by atoms with Crippen LogP contribution in [0.5, 0.6) is 17.2 Å². The van der Waals surface area contributed by atoms with Crippen molar-refractivity contribution in [2.75, 3.05) is 20.3 Å². The van der Waals surface area contributed by atoms with Gasteiger partial charge in [0.25, 0.3) is 0 Å². The Kier molecular flexibility index (Phi) is 4.94. The van der Waals surface area contributed by atoms with Crippen LogP contribution in [-0.2, 0) is 0 Å². The van der Waals surface area contributed by atoms with E-state index in [2.05, 4.69) is 4.98 Å². The number of aromatic nitrogens is 1. The van der Waals surface area contributed by atoms with Gasteiger partial charge in [-0.1, -0.05) is 30.3 Å². The maximum Gasteiger partial charge on any atom is 0.161 e. The third-order valence-corrected chi connectivity index (χ3v) is 3.47. The first-order valence-electron chi connectivity index (χ1n) is 7.61. The summed E-state index contributed by atoms with van der Waals surface area (Å²) in [6, 6.07) is 17.5. The second-order valence-corrected chi connectivity index (χ2v) is 5.03. The van der Waals surface area contributed by atoms with E-state index in [1.54, 1.807) is 13.3 Å². The molecular formula is C19H19NO3. The average Bonchev–Trinajstić information content (AvgIpc) is 2.62. The Morgan fingerprint density at radius 1 is 0.783 bits per heavy atom. The van der Waals surface area contributed by atoms with Gasteiger partial charge in [-0.2, -0.15) is 0 Å². The van der Waals surface area contributed by atoms with E-state index in [0.717, 1.165) is 34.6 Å². The van der Waals surface area contributed by atoms with Crippen LogP contribution < -0.4 is 14.2 Å². The minimum atomic E-state index is 0.568. The van der Waals surface area contributed by atoms with Gasteiger partial charge >= 0.3 is 0 Å². The third-order valence-electron chi connectivity index (χ3n) is 3.47. The maximum atomic E-state index is 5.84. The molecule has 0 N–H and O–H groups in total. The van der Waals surface area contributed by atoms with Crippen LogP contribution in [0.15, 0.2) is 60.8 Å². The minimum Gasteiger partial charge on any atom is -0.493 e. The molecule has 0 saturated carbocycles. The SMILES string of the molecule is COc1ccccc1OCCCOc1cccc2cccnc12. The largest absolute Gasteiger partial charge is 0.493 e. The summed E-state index contributed by atoms with van der Waals surface area (Å²) < 4.78 is 16.8. The lowest BCUT2D eigenvalue weighted by atomic mass is 10.2. The first kappa shape index (κ1) is 15.2. The van der Waals surface area contributed by atoms with Gasteiger partial charge in [-0.15, -0.1) is 0 Å². The van der Waals surface area contributed by atoms with E-state index < -0.39 is 0 Å². The molecule has 0 amide bonds. The number of hydrogen-bond acceptors (Lipinski definition) is 4. The standard InChI is InChI=1S/C19H19NO3/c1-21-16-9-2-3-10-17(16)22-13-6-14-23-18-11-4-7-15-8-5-12-20-19(15)18/h2-5,7-12H,6,13-14H2,1H3. The molecule has 23 heavy (non-hydrogen) atoms. The summed E-state index contributed by atoms with van der Waals surface area (Å²) in [5.74, 6) is 2.30. The average molecular weight is 309 g/mol. The van der Waals surface area contributed by atoms with E-state index >= 15 is 0 Å². The lowest BCUT2D eigenvalue weighted by Crippen LogP contribution is -2.06. The normalized spacial score (nSPS) is 10.5. The predicted molar refractivity (Wildman–Crippen MR) is 90.3 cm³/mol. The fourth-order valence-corrected chi connectivity index (χ4v) is 2.35. The highest BCUT2D eigenvalue weighted by molar-refractivity contribution is 5.84. The van der Waals surface area contributed by atoms with Crippen LogP contribution in [0.2, 0.25) is 0 Å². The van der Waals surface area contributed by atoms with Crippen LogP contribution >= 0.6 is 0 Å². The number of para-hydroxylation sites is 3. The highest BCUT2D eigenvalue weighted by Crippen LogP contribution is 2.26. The summed E-state index contributed by atoms with van der Waals surface area (Å²) in [7, 11) is 1.64. The molecule has 0 aliphatic rings. The molecule has 1 heterocycles. The molecule has 0 atom stereocenters. The van der Waals surface area contributed by atoms with Gasteiger partial charge in [0.2, 0.25) is 0 Å². The Balaban J connectivity index is 1.52. The smallest absolute Gasteiger partial charge is 0.161 e. The number of ether oxygens (including phenoxy) is 3. The molecular weight excluding hydrogens is 290 g/mol. The van der Waals surface area contributed by atoms with Gasteiger partial charge in [-0.05, 0) is 24.3 Å². The molecule has 0 unspecified atom stereocenters. The first-order chi connectivity index (χ1) is 11.4. The lowest BCUT2D eigenvalue weighted by molar-refractivity contribution is 0.241. The Bertz CT molecular complexity index is 768. The number of benzene rings is 2. The molecule has 0 spiro atoms. The zero-order valence-corrected chi connectivity index (χ0v) is 13.1. The van der Waals surface area contributed by atoms with Gasteiger partial charge in [0, 0.05) is 18.0 Å². The van der Waals surface area contributed by atoms with Gasteiger partial charge in [0.1, 0.15) is 11.3 Å². The summed E-state index contributed by atoms with van der Waals surface area (Å²) >= 11 is 0. The quantitative estimate of drug-likeness (QED) is 0.616. The van der Waals surface area contributed by atoms with Crippen molar-refractivity contribution in [3.05, 3.63) is 60.8 Å². The van der Waals surface area contributed by atoms with Crippen molar-refractivity contribution in [1.29, 1.82) is 0 Å². The van der Waals surface area contributed by atoms with Gasteiger partial charge in [0.15, 0.2) is 11.5 Å². The molecule has 3 aromatic rings. The van der Waals surface area contributed by atoms with Crippen LogP contribution in [0, 0.1) is 0 Å². The number of rotatable bonds is 7. The maximum absolute atomic E-state index is 5.84. The summed E-state index contributed by atoms with van der Waals surface area (Å²) in [6.45, 7) is 1.14. The highest BCUT2D eigenvalue weighted by atomic mass is 16.5. The highest BCUT2D eigenvalue weighted by Gasteiger charge is 2.04. The van der Waals surface area contributed by atoms with E-state index in [-0.39, 0.29) is 0 Å². The molecule has 0 radical (unpaired) electrons. The topological polar surface area (TPSA) is 40.6 Å². The van der Waals surface area contributed by atoms with Crippen LogP contribution in [-0.4, -0.2) is 25.3 Å². The third kappa shape index (κ3) is 3.72. The van der Waals surface area contributed by atoms with Crippen molar-refractivity contribution in [2.24, 2.45) is 0 Å². The molecule has 4 heteroatoms. The summed E-state index contributed by atoms with van der Waals surface area (Å²) in [6.07, 6.45) is 2.56. The van der Waals surface area contributed by atoms with Crippen LogP contribution in [0.3, 0.4) is 0 Å². The fraction of sp³-hybridized carbons (Fsp3) is 0.211. The molecule has 1 aromatic heterocycles. The van der Waals surface area contributed by atoms with E-state index in [9.17, 15) is 0 Å². The molecule has 4 nitrogen and oxygen atoms in total. The molecule has 118 valence electrons. The molecule has 0 fully saturated rings. The Morgan fingerprint density at radius 2 is 1.48 bits per heavy atom. The van der Waals surface area contributed by atoms with Gasteiger partial charge in [-0.3, -0.25) is 4.98 Å². The van der Waals surface area contributed by atoms with Crippen molar-refractivity contribution in [1.82, 2.24) is 4.98 Å². The lowest BCUT2D eigenvalue weighted by Gasteiger charge is -2.11. The Morgan fingerprint density at radius 3 is 2.30 bits per heavy atom. The number of pyridine rings is 1. The van der Waals surface area contributed by atoms with E-state index in [1.165, 1.54) is 0 Å². The Labute approximate surface area is 135 Å². The van der Waals surface area contributed by atoms with Crippen molar-refractivity contribution >= 4 is 10.9 Å². The number of methoxy groups -OCH3 is 1. The Hall–Kier alpha value is -2.75. The predicted octanol–water partition coefficient (Wildman–Crippen LogP) is 4.09. The van der Waals surface area contributed by atoms with Gasteiger partial charge < -0.3 is 14.2 Å². The van der Waals surface area contributed by atoms with E-state index in [4.69, 9.17) is 14.2 Å².